The molecule has 0 aliphatic carbocycles. The van der Waals surface area contributed by atoms with Crippen LogP contribution in [-0.4, -0.2) is 14.8 Å². The molecule has 1 aliphatic heterocycles. The van der Waals surface area contributed by atoms with Gasteiger partial charge in [0, 0.05) is 6.20 Å². The van der Waals surface area contributed by atoms with E-state index in [4.69, 9.17) is 0 Å². The maximum absolute atomic E-state index is 10.3. The average Bonchev–Trinajstić information content (AvgIpc) is 2.44. The van der Waals surface area contributed by atoms with Crippen LogP contribution in [0.15, 0.2) is 23.0 Å². The van der Waals surface area contributed by atoms with Crippen LogP contribution in [0.5, 0.6) is 0 Å². The third-order valence-electron chi connectivity index (χ3n) is 1.30. The predicted molar refractivity (Wildman–Crippen MR) is 39.1 cm³/mol. The lowest BCUT2D eigenvalue weighted by atomic mass is 10.9. The Morgan fingerprint density at radius 2 is 2.60 bits per heavy atom. The van der Waals surface area contributed by atoms with Gasteiger partial charge in [0.05, 0.1) is 12.5 Å². The van der Waals surface area contributed by atoms with E-state index in [1.165, 1.54) is 0 Å². The third-order valence-corrected chi connectivity index (χ3v) is 2.64. The lowest BCUT2D eigenvalue weighted by Crippen LogP contribution is -1.77. The zero-order chi connectivity index (χ0) is 6.97. The molecule has 1 atom stereocenters. The van der Waals surface area contributed by atoms with Crippen molar-refractivity contribution in [3.8, 4) is 0 Å². The summed E-state index contributed by atoms with van der Waals surface area (Å²) < 4.78 is 1.83. The minimum Gasteiger partial charge on any atom is -0.300 e. The van der Waals surface area contributed by atoms with Crippen molar-refractivity contribution in [3.05, 3.63) is 17.9 Å². The molecule has 1 aliphatic rings. The Balaban J connectivity index is 2.74. The summed E-state index contributed by atoms with van der Waals surface area (Å²) in [4.78, 5) is 14.1. The maximum Gasteiger partial charge on any atom is 0.166 e. The Bertz CT molecular complexity index is 346. The smallest absolute Gasteiger partial charge is 0.166 e. The molecular weight excluding hydrogens is 148 g/mol. The lowest BCUT2D eigenvalue weighted by molar-refractivity contribution is 0.572. The van der Waals surface area contributed by atoms with Gasteiger partial charge >= 0.3 is 0 Å². The fourth-order valence-corrected chi connectivity index (χ4v) is 1.88. The molecule has 1 aromatic heterocycles. The van der Waals surface area contributed by atoms with Crippen molar-refractivity contribution in [2.24, 2.45) is 0 Å². The van der Waals surface area contributed by atoms with E-state index < -0.39 is 10.5 Å². The summed E-state index contributed by atoms with van der Waals surface area (Å²) in [6.07, 6.45) is 5.19. The van der Waals surface area contributed by atoms with Gasteiger partial charge in [-0.05, 0) is 15.9 Å². The number of rotatable bonds is 0. The zero-order valence-corrected chi connectivity index (χ0v) is 5.84. The molecule has 0 spiro atoms. The molecule has 0 bridgehead atoms. The second-order valence-corrected chi connectivity index (χ2v) is 3.38. The molecule has 0 saturated heterocycles. The number of hydrogen-bond donors (Lipinski definition) is 0. The van der Waals surface area contributed by atoms with E-state index in [1.54, 1.807) is 12.5 Å². The van der Waals surface area contributed by atoms with E-state index in [0.717, 1.165) is 5.03 Å². The van der Waals surface area contributed by atoms with Gasteiger partial charge in [-0.3, -0.25) is 4.57 Å². The first-order valence-electron chi connectivity index (χ1n) is 2.73. The monoisotopic (exact) mass is 152 g/mol. The van der Waals surface area contributed by atoms with Crippen LogP contribution >= 0.6 is 10.5 Å². The van der Waals surface area contributed by atoms with Gasteiger partial charge in [-0.15, -0.1) is 0 Å². The molecule has 1 aromatic rings. The highest BCUT2D eigenvalue weighted by Crippen LogP contribution is 2.31. The predicted octanol–water partition coefficient (Wildman–Crippen LogP) is 1.02. The lowest BCUT2D eigenvalue weighted by Gasteiger charge is -1.87. The summed E-state index contributed by atoms with van der Waals surface area (Å²) in [7, 11) is -0.464. The summed E-state index contributed by atoms with van der Waals surface area (Å²) in [6.45, 7) is 0. The van der Waals surface area contributed by atoms with Crippen LogP contribution in [0.4, 0.5) is 0 Å². The molecule has 3 nitrogen and oxygen atoms in total. The second kappa shape index (κ2) is 1.94. The summed E-state index contributed by atoms with van der Waals surface area (Å²) in [6, 6.07) is 0. The maximum atomic E-state index is 10.3. The van der Waals surface area contributed by atoms with Gasteiger partial charge in [0.2, 0.25) is 0 Å². The summed E-state index contributed by atoms with van der Waals surface area (Å²) in [5.74, 6) is 0. The fraction of sp³-hybridized carbons (Fsp3) is 0. The molecule has 2 rings (SSSR count). The largest absolute Gasteiger partial charge is 0.300 e. The van der Waals surface area contributed by atoms with Gasteiger partial charge in [0.25, 0.3) is 0 Å². The highest BCUT2D eigenvalue weighted by Gasteiger charge is 2.08. The molecule has 50 valence electrons. The van der Waals surface area contributed by atoms with Crippen LogP contribution in [0.1, 0.15) is 0 Å². The van der Waals surface area contributed by atoms with Crippen molar-refractivity contribution >= 4 is 21.9 Å². The van der Waals surface area contributed by atoms with Crippen molar-refractivity contribution < 1.29 is 4.79 Å². The first kappa shape index (κ1) is 5.65. The number of imidazole rings is 1. The molecule has 0 fully saturated rings. The van der Waals surface area contributed by atoms with Gasteiger partial charge in [0.15, 0.2) is 5.23 Å². The number of nitrogens with zero attached hydrogens (tertiary/aromatic N) is 2. The highest BCUT2D eigenvalue weighted by molar-refractivity contribution is 8.17. The van der Waals surface area contributed by atoms with E-state index in [2.05, 4.69) is 4.98 Å². The normalized spacial score (nSPS) is 20.6. The molecule has 4 heteroatoms. The second-order valence-electron chi connectivity index (χ2n) is 1.85. The molecule has 10 heavy (non-hydrogen) atoms. The highest BCUT2D eigenvalue weighted by atomic mass is 32.2. The van der Waals surface area contributed by atoms with Crippen LogP contribution in [0.2, 0.25) is 0 Å². The van der Waals surface area contributed by atoms with Crippen LogP contribution in [0, 0.1) is 0 Å². The Kier molecular flexibility index (Phi) is 1.09. The van der Waals surface area contributed by atoms with E-state index in [1.807, 2.05) is 21.4 Å². The van der Waals surface area contributed by atoms with Crippen molar-refractivity contribution in [3.63, 3.8) is 0 Å². The topological polar surface area (TPSA) is 34.9 Å². The quantitative estimate of drug-likeness (QED) is 0.520. The summed E-state index contributed by atoms with van der Waals surface area (Å²) in [5.41, 5.74) is 0. The third kappa shape index (κ3) is 0.602. The van der Waals surface area contributed by atoms with Crippen molar-refractivity contribution in [2.45, 2.75) is 5.03 Å². The number of aromatic nitrogens is 2. The molecule has 0 amide bonds. The number of hydrogen-bond acceptors (Lipinski definition) is 2. The Morgan fingerprint density at radius 3 is 3.40 bits per heavy atom. The van der Waals surface area contributed by atoms with Gasteiger partial charge in [-0.25, -0.2) is 9.78 Å². The minimum absolute atomic E-state index is 0.464. The van der Waals surface area contributed by atoms with Crippen molar-refractivity contribution in [1.82, 2.24) is 9.55 Å². The molecular formula is C6H4N2OS. The first-order chi connectivity index (χ1) is 4.92. The molecule has 0 radical (unpaired) electrons. The first-order valence-corrected chi connectivity index (χ1v) is 4.01. The van der Waals surface area contributed by atoms with Gasteiger partial charge in [-0.2, -0.15) is 0 Å². The van der Waals surface area contributed by atoms with E-state index in [-0.39, 0.29) is 0 Å². The van der Waals surface area contributed by atoms with Crippen LogP contribution < -0.4 is 0 Å². The van der Waals surface area contributed by atoms with Crippen LogP contribution in [0.3, 0.4) is 0 Å². The van der Waals surface area contributed by atoms with Crippen LogP contribution in [-0.2, 0) is 4.79 Å². The number of fused-ring (bicyclic) bond motifs is 1. The van der Waals surface area contributed by atoms with Crippen molar-refractivity contribution in [1.29, 1.82) is 0 Å². The van der Waals surface area contributed by atoms with E-state index >= 15 is 0 Å². The van der Waals surface area contributed by atoms with E-state index in [0.29, 0.717) is 0 Å². The summed E-state index contributed by atoms with van der Waals surface area (Å²) in [5, 5.41) is 4.69. The van der Waals surface area contributed by atoms with Crippen molar-refractivity contribution in [2.75, 3.05) is 0 Å². The molecule has 0 N–H and O–H groups in total. The molecule has 2 heterocycles. The SMILES string of the molecule is O=C=S1C=Cn2cncc21. The zero-order valence-electron chi connectivity index (χ0n) is 5.02. The number of carbonyl (C=O) groups excluding carboxylic acids is 1. The fourth-order valence-electron chi connectivity index (χ4n) is 0.841. The molecule has 0 saturated carbocycles. The average molecular weight is 152 g/mol. The van der Waals surface area contributed by atoms with Gasteiger partial charge in [-0.1, -0.05) is 0 Å². The van der Waals surface area contributed by atoms with Gasteiger partial charge < -0.3 is 0 Å². The van der Waals surface area contributed by atoms with Crippen LogP contribution in [0.25, 0.3) is 6.20 Å². The van der Waals surface area contributed by atoms with Gasteiger partial charge in [0.1, 0.15) is 5.03 Å². The molecule has 0 aromatic carbocycles. The molecule has 1 unspecified atom stereocenters. The standard InChI is InChI=1S/C6H4N2OS/c9-5-10-2-1-8-4-7-3-6(8)10/h1-4H. The Hall–Kier alpha value is -1.12. The minimum atomic E-state index is -0.464. The summed E-state index contributed by atoms with van der Waals surface area (Å²) >= 11 is 0. The van der Waals surface area contributed by atoms with E-state index in [9.17, 15) is 4.79 Å². The Morgan fingerprint density at radius 1 is 1.70 bits per heavy atom. The Labute approximate surface area is 59.9 Å².